The second-order valence-corrected chi connectivity index (χ2v) is 4.21. The Bertz CT molecular complexity index is 360. The fourth-order valence-electron chi connectivity index (χ4n) is 1.43. The summed E-state index contributed by atoms with van der Waals surface area (Å²) in [6.07, 6.45) is -0.618. The second kappa shape index (κ2) is 5.82. The molecule has 1 rings (SSSR count). The molecule has 1 N–H and O–H groups in total. The van der Waals surface area contributed by atoms with Crippen LogP contribution in [0.4, 0.5) is 0 Å². The minimum atomic E-state index is -0.760. The molecule has 0 spiro atoms. The molecule has 6 heteroatoms. The second-order valence-electron chi connectivity index (χ2n) is 3.37. The van der Waals surface area contributed by atoms with E-state index in [1.54, 1.807) is 18.2 Å². The van der Waals surface area contributed by atoms with Crippen molar-refractivity contribution in [1.82, 2.24) is 5.23 Å². The van der Waals surface area contributed by atoms with Crippen molar-refractivity contribution in [2.45, 2.75) is 19.1 Å². The van der Waals surface area contributed by atoms with Gasteiger partial charge in [0.25, 0.3) is 0 Å². The van der Waals surface area contributed by atoms with Crippen LogP contribution in [0, 0.1) is 5.21 Å². The highest BCUT2D eigenvalue weighted by Gasteiger charge is 2.22. The fourth-order valence-corrected chi connectivity index (χ4v) is 1.95. The van der Waals surface area contributed by atoms with Crippen LogP contribution < -0.4 is 0 Å². The molecular weight excluding hydrogens is 253 g/mol. The topological polar surface area (TPSA) is 55.8 Å². The minimum Gasteiger partial charge on any atom is -0.762 e. The molecule has 90 valence electrons. The molecule has 16 heavy (non-hydrogen) atoms. The van der Waals surface area contributed by atoms with Crippen molar-refractivity contribution in [3.05, 3.63) is 39.0 Å². The number of hydroxylamine groups is 2. The van der Waals surface area contributed by atoms with Crippen LogP contribution in [0.25, 0.3) is 0 Å². The Kier molecular flexibility index (Phi) is 4.98. The lowest BCUT2D eigenvalue weighted by molar-refractivity contribution is -0.117. The first-order valence-corrected chi connectivity index (χ1v) is 5.36. The Morgan fingerprint density at radius 3 is 2.50 bits per heavy atom. The van der Waals surface area contributed by atoms with Gasteiger partial charge in [-0.2, -0.15) is 0 Å². The van der Waals surface area contributed by atoms with E-state index in [1.807, 2.05) is 0 Å². The number of hydrogen-bond acceptors (Lipinski definition) is 4. The molecule has 4 nitrogen and oxygen atoms in total. The smallest absolute Gasteiger partial charge is 0.1000 e. The molecule has 0 fully saturated rings. The summed E-state index contributed by atoms with van der Waals surface area (Å²) in [5, 5.41) is 20.4. The predicted octanol–water partition coefficient (Wildman–Crippen LogP) is 3.26. The molecule has 0 aliphatic heterocycles. The third-order valence-electron chi connectivity index (χ3n) is 2.31. The van der Waals surface area contributed by atoms with Gasteiger partial charge >= 0.3 is 0 Å². The van der Waals surface area contributed by atoms with Gasteiger partial charge in [-0.1, -0.05) is 29.3 Å². The summed E-state index contributed by atoms with van der Waals surface area (Å²) in [6.45, 7) is 1.53. The van der Waals surface area contributed by atoms with Crippen LogP contribution in [0.3, 0.4) is 0 Å². The van der Waals surface area contributed by atoms with Gasteiger partial charge in [-0.25, -0.2) is 0 Å². The zero-order valence-electron chi connectivity index (χ0n) is 8.85. The standard InChI is InChI=1S/C10H12Cl2NO3/c1-6(13(14)15)10(16-2)8-4-3-7(11)5-9(8)12/h3-6,10,14H,1-2H3/q-1. The highest BCUT2D eigenvalue weighted by atomic mass is 35.5. The van der Waals surface area contributed by atoms with Crippen molar-refractivity contribution >= 4 is 23.2 Å². The summed E-state index contributed by atoms with van der Waals surface area (Å²) >= 11 is 11.7. The molecule has 0 aromatic heterocycles. The Morgan fingerprint density at radius 1 is 1.44 bits per heavy atom. The number of halogens is 2. The summed E-state index contributed by atoms with van der Waals surface area (Å²) in [6, 6.07) is 4.11. The summed E-state index contributed by atoms with van der Waals surface area (Å²) in [7, 11) is 1.44. The highest BCUT2D eigenvalue weighted by molar-refractivity contribution is 6.35. The summed E-state index contributed by atoms with van der Waals surface area (Å²) in [5.74, 6) is 0. The molecule has 0 saturated heterocycles. The first kappa shape index (κ1) is 13.7. The van der Waals surface area contributed by atoms with Gasteiger partial charge in [0.1, 0.15) is 0 Å². The molecule has 2 atom stereocenters. The monoisotopic (exact) mass is 264 g/mol. The van der Waals surface area contributed by atoms with E-state index in [9.17, 15) is 5.21 Å². The minimum absolute atomic E-state index is 0.154. The third kappa shape index (κ3) is 3.07. The van der Waals surface area contributed by atoms with Crippen LogP contribution >= 0.6 is 23.2 Å². The number of rotatable bonds is 4. The van der Waals surface area contributed by atoms with Crippen LogP contribution in [0.5, 0.6) is 0 Å². The lowest BCUT2D eigenvalue weighted by atomic mass is 10.0. The average Bonchev–Trinajstić information content (AvgIpc) is 2.21. The Morgan fingerprint density at radius 2 is 2.06 bits per heavy atom. The van der Waals surface area contributed by atoms with Gasteiger partial charge in [-0.05, 0) is 19.1 Å². The number of benzene rings is 1. The molecule has 0 amide bonds. The predicted molar refractivity (Wildman–Crippen MR) is 62.7 cm³/mol. The lowest BCUT2D eigenvalue weighted by Crippen LogP contribution is -2.31. The molecule has 0 heterocycles. The SMILES string of the molecule is COC(c1ccc(Cl)cc1Cl)C(C)N([O-])O. The first-order chi connectivity index (χ1) is 7.47. The van der Waals surface area contributed by atoms with Crippen molar-refractivity contribution in [2.75, 3.05) is 7.11 Å². The van der Waals surface area contributed by atoms with E-state index in [-0.39, 0.29) is 5.23 Å². The maximum absolute atomic E-state index is 10.8. The molecule has 0 aliphatic rings. The zero-order valence-corrected chi connectivity index (χ0v) is 10.4. The van der Waals surface area contributed by atoms with Crippen molar-refractivity contribution in [3.63, 3.8) is 0 Å². The van der Waals surface area contributed by atoms with Crippen molar-refractivity contribution < 1.29 is 9.94 Å². The normalized spacial score (nSPS) is 15.2. The van der Waals surface area contributed by atoms with Crippen molar-refractivity contribution in [3.8, 4) is 0 Å². The van der Waals surface area contributed by atoms with Gasteiger partial charge in [0.2, 0.25) is 0 Å². The summed E-state index contributed by atoms with van der Waals surface area (Å²) < 4.78 is 5.15. The number of nitrogens with zero attached hydrogens (tertiary/aromatic N) is 1. The van der Waals surface area contributed by atoms with Gasteiger partial charge in [0.05, 0.1) is 6.10 Å². The Labute approximate surface area is 104 Å². The van der Waals surface area contributed by atoms with E-state index >= 15 is 0 Å². The van der Waals surface area contributed by atoms with E-state index in [4.69, 9.17) is 33.1 Å². The van der Waals surface area contributed by atoms with Gasteiger partial charge in [0.15, 0.2) is 0 Å². The van der Waals surface area contributed by atoms with Crippen LogP contribution in [-0.4, -0.2) is 23.6 Å². The third-order valence-corrected chi connectivity index (χ3v) is 2.87. The molecule has 1 aromatic rings. The van der Waals surface area contributed by atoms with E-state index in [2.05, 4.69) is 0 Å². The average molecular weight is 265 g/mol. The Hall–Kier alpha value is -0.360. The van der Waals surface area contributed by atoms with Gasteiger partial charge in [-0.15, -0.1) is 0 Å². The van der Waals surface area contributed by atoms with Crippen LogP contribution in [0.2, 0.25) is 10.0 Å². The number of hydrogen-bond donors (Lipinski definition) is 1. The van der Waals surface area contributed by atoms with E-state index in [0.717, 1.165) is 0 Å². The lowest BCUT2D eigenvalue weighted by Gasteiger charge is -2.33. The largest absolute Gasteiger partial charge is 0.762 e. The van der Waals surface area contributed by atoms with Crippen molar-refractivity contribution in [1.29, 1.82) is 0 Å². The van der Waals surface area contributed by atoms with Gasteiger partial charge in [0, 0.05) is 28.8 Å². The molecular formula is C10H12Cl2NO3-. The zero-order chi connectivity index (χ0) is 12.3. The van der Waals surface area contributed by atoms with E-state index in [0.29, 0.717) is 15.6 Å². The van der Waals surface area contributed by atoms with Crippen molar-refractivity contribution in [2.24, 2.45) is 0 Å². The van der Waals surface area contributed by atoms with Crippen LogP contribution in [0.15, 0.2) is 18.2 Å². The maximum Gasteiger partial charge on any atom is 0.1000 e. The molecule has 0 bridgehead atoms. The number of ether oxygens (including phenoxy) is 1. The molecule has 0 aliphatic carbocycles. The quantitative estimate of drug-likeness (QED) is 0.849. The summed E-state index contributed by atoms with van der Waals surface area (Å²) in [4.78, 5) is 0. The summed E-state index contributed by atoms with van der Waals surface area (Å²) in [5.41, 5.74) is 0.607. The van der Waals surface area contributed by atoms with E-state index < -0.39 is 12.1 Å². The molecule has 1 aromatic carbocycles. The fraction of sp³-hybridized carbons (Fsp3) is 0.400. The highest BCUT2D eigenvalue weighted by Crippen LogP contribution is 2.31. The first-order valence-electron chi connectivity index (χ1n) is 4.60. The van der Waals surface area contributed by atoms with E-state index in [1.165, 1.54) is 14.0 Å². The maximum atomic E-state index is 10.8. The molecule has 0 saturated carbocycles. The number of methoxy groups -OCH3 is 1. The molecule has 0 radical (unpaired) electrons. The van der Waals surface area contributed by atoms with Crippen LogP contribution in [-0.2, 0) is 4.74 Å². The molecule has 2 unspecified atom stereocenters. The van der Waals surface area contributed by atoms with Gasteiger partial charge < -0.3 is 15.2 Å². The van der Waals surface area contributed by atoms with Crippen LogP contribution in [0.1, 0.15) is 18.6 Å². The Balaban J connectivity index is 3.04. The van der Waals surface area contributed by atoms with Gasteiger partial charge in [-0.3, -0.25) is 5.23 Å².